The second-order valence-electron chi connectivity index (χ2n) is 9.48. The fourth-order valence-corrected chi connectivity index (χ4v) is 4.34. The Morgan fingerprint density at radius 1 is 1.27 bits per heavy atom. The summed E-state index contributed by atoms with van der Waals surface area (Å²) >= 11 is 6.34. The molecule has 4 rings (SSSR count). The van der Waals surface area contributed by atoms with Crippen molar-refractivity contribution in [2.24, 2.45) is 11.7 Å². The molecule has 33 heavy (non-hydrogen) atoms. The predicted octanol–water partition coefficient (Wildman–Crippen LogP) is 4.62. The largest absolute Gasteiger partial charge is 0.443 e. The van der Waals surface area contributed by atoms with Crippen LogP contribution in [0.2, 0.25) is 5.02 Å². The zero-order valence-electron chi connectivity index (χ0n) is 19.1. The van der Waals surface area contributed by atoms with Gasteiger partial charge < -0.3 is 20.9 Å². The van der Waals surface area contributed by atoms with Crippen molar-refractivity contribution in [1.29, 1.82) is 0 Å². The molecule has 1 amide bonds. The molecule has 0 saturated heterocycles. The topological polar surface area (TPSA) is 107 Å². The van der Waals surface area contributed by atoms with Gasteiger partial charge in [-0.1, -0.05) is 30.7 Å². The Morgan fingerprint density at radius 3 is 2.67 bits per heavy atom. The van der Waals surface area contributed by atoms with Crippen LogP contribution < -0.4 is 11.1 Å². The normalized spacial score (nSPS) is 15.3. The highest BCUT2D eigenvalue weighted by molar-refractivity contribution is 6.32. The molecule has 174 valence electrons. The van der Waals surface area contributed by atoms with Crippen LogP contribution in [0.5, 0.6) is 0 Å². The van der Waals surface area contributed by atoms with Crippen LogP contribution in [0.1, 0.15) is 55.2 Å². The van der Waals surface area contributed by atoms with E-state index in [0.29, 0.717) is 39.5 Å². The molecule has 0 spiro atoms. The van der Waals surface area contributed by atoms with Crippen molar-refractivity contribution in [2.45, 2.75) is 45.9 Å². The Kier molecular flexibility index (Phi) is 5.99. The van der Waals surface area contributed by atoms with E-state index in [-0.39, 0.29) is 24.5 Å². The van der Waals surface area contributed by atoms with Crippen LogP contribution in [0.15, 0.2) is 36.4 Å². The van der Waals surface area contributed by atoms with Gasteiger partial charge in [0.05, 0.1) is 16.8 Å². The maximum absolute atomic E-state index is 13.3. The van der Waals surface area contributed by atoms with Crippen molar-refractivity contribution in [1.82, 2.24) is 9.88 Å². The van der Waals surface area contributed by atoms with Crippen molar-refractivity contribution in [3.8, 4) is 11.3 Å². The highest BCUT2D eigenvalue weighted by Gasteiger charge is 2.30. The quantitative estimate of drug-likeness (QED) is 0.517. The van der Waals surface area contributed by atoms with Gasteiger partial charge in [-0.2, -0.15) is 0 Å². The molecule has 2 heterocycles. The van der Waals surface area contributed by atoms with Crippen molar-refractivity contribution >= 4 is 34.5 Å². The van der Waals surface area contributed by atoms with Gasteiger partial charge >= 0.3 is 6.09 Å². The van der Waals surface area contributed by atoms with Gasteiger partial charge in [-0.25, -0.2) is 9.36 Å². The maximum atomic E-state index is 13.3. The lowest BCUT2D eigenvalue weighted by Gasteiger charge is -2.21. The average Bonchev–Trinajstić information content (AvgIpc) is 3.33. The third-order valence-electron chi connectivity index (χ3n) is 5.87. The van der Waals surface area contributed by atoms with Crippen LogP contribution in [-0.4, -0.2) is 33.9 Å². The lowest BCUT2D eigenvalue weighted by molar-refractivity contribution is 0.0547. The molecule has 0 aliphatic carbocycles. The molecular weight excluding hydrogens is 442 g/mol. The number of aliphatic hydroxyl groups excluding tert-OH is 1. The number of nitrogens with zero attached hydrogens (tertiary/aromatic N) is 1. The summed E-state index contributed by atoms with van der Waals surface area (Å²) in [4.78, 5) is 26.0. The number of halogens is 1. The van der Waals surface area contributed by atoms with Gasteiger partial charge in [0, 0.05) is 40.7 Å². The van der Waals surface area contributed by atoms with E-state index in [4.69, 9.17) is 22.1 Å². The lowest BCUT2D eigenvalue weighted by Crippen LogP contribution is -2.27. The summed E-state index contributed by atoms with van der Waals surface area (Å²) in [6.07, 6.45) is -0.546. The molecule has 4 N–H and O–H groups in total. The number of amides is 1. The maximum Gasteiger partial charge on any atom is 0.419 e. The van der Waals surface area contributed by atoms with E-state index in [1.807, 2.05) is 31.2 Å². The summed E-state index contributed by atoms with van der Waals surface area (Å²) in [7, 11) is 0. The Morgan fingerprint density at radius 2 is 2.00 bits per heavy atom. The molecule has 2 atom stereocenters. The van der Waals surface area contributed by atoms with Gasteiger partial charge in [-0.15, -0.1) is 0 Å². The van der Waals surface area contributed by atoms with E-state index in [1.54, 1.807) is 32.9 Å². The number of benzene rings is 2. The SMILES string of the molecule is CC(CO)C(N)c1ccc2c(c1)cc(-c1ccc(Cl)c3c1C(=O)NC3)n2C(=O)OC(C)(C)C. The molecule has 1 aliphatic heterocycles. The van der Waals surface area contributed by atoms with Gasteiger partial charge in [0.15, 0.2) is 0 Å². The molecule has 1 aliphatic rings. The van der Waals surface area contributed by atoms with E-state index in [2.05, 4.69) is 5.32 Å². The van der Waals surface area contributed by atoms with Crippen molar-refractivity contribution in [3.05, 3.63) is 58.1 Å². The fourth-order valence-electron chi connectivity index (χ4n) is 4.11. The van der Waals surface area contributed by atoms with Crippen LogP contribution >= 0.6 is 11.6 Å². The Hall–Kier alpha value is -2.87. The number of ether oxygens (including phenoxy) is 1. The molecule has 2 unspecified atom stereocenters. The number of fused-ring (bicyclic) bond motifs is 2. The van der Waals surface area contributed by atoms with Gasteiger partial charge in [0.1, 0.15) is 5.60 Å². The van der Waals surface area contributed by atoms with Crippen LogP contribution in [0.4, 0.5) is 4.79 Å². The van der Waals surface area contributed by atoms with Crippen molar-refractivity contribution in [2.75, 3.05) is 6.61 Å². The summed E-state index contributed by atoms with van der Waals surface area (Å²) in [5.41, 5.74) is 9.39. The van der Waals surface area contributed by atoms with E-state index in [0.717, 1.165) is 10.9 Å². The van der Waals surface area contributed by atoms with Crippen LogP contribution in [0, 0.1) is 5.92 Å². The summed E-state index contributed by atoms with van der Waals surface area (Å²) in [6.45, 7) is 7.59. The first-order chi connectivity index (χ1) is 15.5. The number of aliphatic hydroxyl groups is 1. The number of rotatable bonds is 4. The average molecular weight is 470 g/mol. The zero-order valence-corrected chi connectivity index (χ0v) is 19.9. The molecule has 0 fully saturated rings. The van der Waals surface area contributed by atoms with E-state index >= 15 is 0 Å². The first-order valence-corrected chi connectivity index (χ1v) is 11.2. The third kappa shape index (κ3) is 4.24. The minimum Gasteiger partial charge on any atom is -0.443 e. The number of hydrogen-bond acceptors (Lipinski definition) is 5. The highest BCUT2D eigenvalue weighted by atomic mass is 35.5. The summed E-state index contributed by atoms with van der Waals surface area (Å²) in [5.74, 6) is -0.360. The van der Waals surface area contributed by atoms with Gasteiger partial charge in [-0.3, -0.25) is 4.79 Å². The highest BCUT2D eigenvalue weighted by Crippen LogP contribution is 2.37. The van der Waals surface area contributed by atoms with Gasteiger partial charge in [0.2, 0.25) is 0 Å². The first kappa shape index (κ1) is 23.3. The molecule has 7 nitrogen and oxygen atoms in total. The molecule has 2 aromatic carbocycles. The lowest BCUT2D eigenvalue weighted by atomic mass is 9.95. The first-order valence-electron chi connectivity index (χ1n) is 10.9. The molecule has 8 heteroatoms. The zero-order chi connectivity index (χ0) is 24.1. The number of nitrogens with two attached hydrogens (primary N) is 1. The fraction of sp³-hybridized carbons (Fsp3) is 0.360. The van der Waals surface area contributed by atoms with Crippen LogP contribution in [-0.2, 0) is 11.3 Å². The standard InChI is InChI=1S/C25H28ClN3O4/c1-13(12-30)22(27)14-5-8-19-15(9-14)10-20(29(19)24(32)33-25(2,3)4)16-6-7-18(26)17-11-28-23(31)21(16)17/h5-10,13,22,30H,11-12,27H2,1-4H3,(H,28,31). The van der Waals surface area contributed by atoms with Gasteiger partial charge in [-0.05, 0) is 56.5 Å². The summed E-state index contributed by atoms with van der Waals surface area (Å²) in [5, 5.41) is 13.6. The van der Waals surface area contributed by atoms with Crippen molar-refractivity contribution < 1.29 is 19.4 Å². The molecule has 0 radical (unpaired) electrons. The number of aromatic nitrogens is 1. The van der Waals surface area contributed by atoms with E-state index in [9.17, 15) is 14.7 Å². The Labute approximate surface area is 197 Å². The summed E-state index contributed by atoms with van der Waals surface area (Å²) < 4.78 is 7.18. The second-order valence-corrected chi connectivity index (χ2v) is 9.89. The smallest absolute Gasteiger partial charge is 0.419 e. The van der Waals surface area contributed by atoms with Gasteiger partial charge in [0.25, 0.3) is 5.91 Å². The minimum atomic E-state index is -0.705. The van der Waals surface area contributed by atoms with Crippen LogP contribution in [0.25, 0.3) is 22.2 Å². The molecular formula is C25H28ClN3O4. The number of nitrogens with one attached hydrogen (secondary N) is 1. The minimum absolute atomic E-state index is 0.0323. The molecule has 0 bridgehead atoms. The van der Waals surface area contributed by atoms with E-state index in [1.165, 1.54) is 4.57 Å². The number of carbonyl (C=O) groups is 2. The number of carbonyl (C=O) groups excluding carboxylic acids is 2. The predicted molar refractivity (Wildman–Crippen MR) is 128 cm³/mol. The van der Waals surface area contributed by atoms with E-state index < -0.39 is 11.7 Å². The van der Waals surface area contributed by atoms with Crippen molar-refractivity contribution in [3.63, 3.8) is 0 Å². The molecule has 3 aromatic rings. The third-order valence-corrected chi connectivity index (χ3v) is 6.23. The monoisotopic (exact) mass is 469 g/mol. The second kappa shape index (κ2) is 8.48. The number of hydrogen-bond donors (Lipinski definition) is 3. The molecule has 0 saturated carbocycles. The Balaban J connectivity index is 1.96. The molecule has 1 aromatic heterocycles. The summed E-state index contributed by atoms with van der Waals surface area (Å²) in [6, 6.07) is 10.6. The van der Waals surface area contributed by atoms with Crippen LogP contribution in [0.3, 0.4) is 0 Å². The Bertz CT molecular complexity index is 1260.